The van der Waals surface area contributed by atoms with Crippen LogP contribution in [0, 0.1) is 11.7 Å². The number of hydrogen-bond donors (Lipinski definition) is 1. The number of nitrogens with zero attached hydrogens (tertiary/aromatic N) is 2. The summed E-state index contributed by atoms with van der Waals surface area (Å²) in [5, 5.41) is 10.8. The van der Waals surface area contributed by atoms with Crippen LogP contribution in [0.3, 0.4) is 0 Å². The number of piperidine rings is 2. The molecule has 1 amide bonds. The molecule has 0 bridgehead atoms. The van der Waals surface area contributed by atoms with Gasteiger partial charge in [0.2, 0.25) is 5.91 Å². The lowest BCUT2D eigenvalue weighted by molar-refractivity contribution is -0.145. The third-order valence-corrected chi connectivity index (χ3v) is 5.54. The zero-order valence-electron chi connectivity index (χ0n) is 14.5. The molecule has 0 unspecified atom stereocenters. The van der Waals surface area contributed by atoms with E-state index < -0.39 is 23.2 Å². The minimum atomic E-state index is -4.73. The number of likely N-dealkylation sites (tertiary alicyclic amines) is 2. The third kappa shape index (κ3) is 3.86. The lowest BCUT2D eigenvalue weighted by Gasteiger charge is -2.50. The molecule has 0 aliphatic carbocycles. The van der Waals surface area contributed by atoms with Crippen molar-refractivity contribution in [3.63, 3.8) is 0 Å². The fourth-order valence-electron chi connectivity index (χ4n) is 3.95. The number of aliphatic hydroxyl groups is 1. The Hall–Kier alpha value is -1.67. The molecule has 1 aromatic carbocycles. The summed E-state index contributed by atoms with van der Waals surface area (Å²) >= 11 is 0. The van der Waals surface area contributed by atoms with Crippen LogP contribution in [0.5, 0.6) is 0 Å². The number of amides is 1. The van der Waals surface area contributed by atoms with Crippen molar-refractivity contribution >= 4 is 5.91 Å². The van der Waals surface area contributed by atoms with Crippen LogP contribution in [-0.2, 0) is 17.5 Å². The molecular weight excluding hydrogens is 352 g/mol. The molecule has 2 fully saturated rings. The summed E-state index contributed by atoms with van der Waals surface area (Å²) in [5.74, 6) is -1.47. The first-order valence-electron chi connectivity index (χ1n) is 8.64. The number of benzene rings is 1. The molecule has 2 aliphatic rings. The van der Waals surface area contributed by atoms with Gasteiger partial charge in [0.25, 0.3) is 0 Å². The summed E-state index contributed by atoms with van der Waals surface area (Å²) in [6.07, 6.45) is -3.70. The van der Waals surface area contributed by atoms with Gasteiger partial charge in [-0.15, -0.1) is 0 Å². The van der Waals surface area contributed by atoms with E-state index in [1.165, 1.54) is 13.0 Å². The molecule has 2 heterocycles. The van der Waals surface area contributed by atoms with Crippen LogP contribution in [0.1, 0.15) is 30.9 Å². The second-order valence-corrected chi connectivity index (χ2v) is 7.31. The van der Waals surface area contributed by atoms with E-state index in [1.807, 2.05) is 4.90 Å². The van der Waals surface area contributed by atoms with Crippen LogP contribution in [0.2, 0.25) is 0 Å². The molecule has 26 heavy (non-hydrogen) atoms. The first-order valence-corrected chi connectivity index (χ1v) is 8.64. The van der Waals surface area contributed by atoms with E-state index in [4.69, 9.17) is 0 Å². The average molecular weight is 374 g/mol. The van der Waals surface area contributed by atoms with Gasteiger partial charge in [0.05, 0.1) is 11.2 Å². The molecule has 0 radical (unpaired) electrons. The van der Waals surface area contributed by atoms with Crippen molar-refractivity contribution in [3.05, 3.63) is 35.1 Å². The number of carbonyl (C=O) groups is 1. The highest BCUT2D eigenvalue weighted by Crippen LogP contribution is 2.36. The quantitative estimate of drug-likeness (QED) is 0.810. The smallest absolute Gasteiger partial charge is 0.389 e. The Morgan fingerprint density at radius 1 is 1.27 bits per heavy atom. The van der Waals surface area contributed by atoms with Gasteiger partial charge >= 0.3 is 6.18 Å². The van der Waals surface area contributed by atoms with E-state index in [0.717, 1.165) is 12.1 Å². The Bertz CT molecular complexity index is 694. The van der Waals surface area contributed by atoms with Crippen molar-refractivity contribution < 1.29 is 27.5 Å². The first-order chi connectivity index (χ1) is 12.1. The average Bonchev–Trinajstić information content (AvgIpc) is 2.55. The maximum Gasteiger partial charge on any atom is 0.419 e. The fourth-order valence-corrected chi connectivity index (χ4v) is 3.95. The monoisotopic (exact) mass is 374 g/mol. The highest BCUT2D eigenvalue weighted by atomic mass is 19.4. The Morgan fingerprint density at radius 2 is 1.96 bits per heavy atom. The van der Waals surface area contributed by atoms with Crippen molar-refractivity contribution in [2.45, 2.75) is 38.1 Å². The second kappa shape index (κ2) is 6.81. The van der Waals surface area contributed by atoms with Gasteiger partial charge in [-0.05, 0) is 30.5 Å². The lowest BCUT2D eigenvalue weighted by atomic mass is 9.75. The summed E-state index contributed by atoms with van der Waals surface area (Å²) < 4.78 is 52.1. The maximum atomic E-state index is 13.4. The summed E-state index contributed by atoms with van der Waals surface area (Å²) in [6, 6.07) is 3.05. The normalized spacial score (nSPS) is 27.3. The summed E-state index contributed by atoms with van der Waals surface area (Å²) in [6.45, 7) is 3.73. The van der Waals surface area contributed by atoms with Gasteiger partial charge in [-0.1, -0.05) is 6.07 Å². The van der Waals surface area contributed by atoms with Crippen LogP contribution >= 0.6 is 0 Å². The van der Waals surface area contributed by atoms with Crippen molar-refractivity contribution in [3.8, 4) is 0 Å². The van der Waals surface area contributed by atoms with E-state index >= 15 is 0 Å². The van der Waals surface area contributed by atoms with Gasteiger partial charge in [0, 0.05) is 45.6 Å². The SMILES string of the molecule is CC(=O)N1CC[C@@]2(O)CCN(Cc3ccc(F)c(C(F)(F)F)c3)C[C@H]2C1. The number of fused-ring (bicyclic) bond motifs is 1. The van der Waals surface area contributed by atoms with E-state index in [2.05, 4.69) is 0 Å². The van der Waals surface area contributed by atoms with Gasteiger partial charge in [-0.25, -0.2) is 4.39 Å². The number of halogens is 4. The van der Waals surface area contributed by atoms with Gasteiger partial charge in [0.1, 0.15) is 5.82 Å². The number of rotatable bonds is 2. The summed E-state index contributed by atoms with van der Waals surface area (Å²) in [7, 11) is 0. The predicted octanol–water partition coefficient (Wildman–Crippen LogP) is 2.65. The zero-order chi connectivity index (χ0) is 19.1. The molecule has 1 N–H and O–H groups in total. The predicted molar refractivity (Wildman–Crippen MR) is 86.6 cm³/mol. The Kier molecular flexibility index (Phi) is 5.00. The molecule has 2 aliphatic heterocycles. The number of carbonyl (C=O) groups excluding carboxylic acids is 1. The van der Waals surface area contributed by atoms with Crippen LogP contribution in [0.25, 0.3) is 0 Å². The van der Waals surface area contributed by atoms with Crippen molar-refractivity contribution in [2.24, 2.45) is 5.92 Å². The maximum absolute atomic E-state index is 13.4. The van der Waals surface area contributed by atoms with Gasteiger partial charge in [0.15, 0.2) is 0 Å². The third-order valence-electron chi connectivity index (χ3n) is 5.54. The van der Waals surface area contributed by atoms with E-state index in [9.17, 15) is 27.5 Å². The largest absolute Gasteiger partial charge is 0.419 e. The van der Waals surface area contributed by atoms with Gasteiger partial charge < -0.3 is 10.0 Å². The second-order valence-electron chi connectivity index (χ2n) is 7.31. The van der Waals surface area contributed by atoms with Crippen molar-refractivity contribution in [1.82, 2.24) is 9.80 Å². The summed E-state index contributed by atoms with van der Waals surface area (Å²) in [4.78, 5) is 15.3. The zero-order valence-corrected chi connectivity index (χ0v) is 14.5. The highest BCUT2D eigenvalue weighted by Gasteiger charge is 2.45. The molecule has 1 aromatic rings. The molecule has 2 saturated heterocycles. The summed E-state index contributed by atoms with van der Waals surface area (Å²) in [5.41, 5.74) is -1.71. The molecule has 2 atom stereocenters. The molecule has 0 aromatic heterocycles. The molecule has 144 valence electrons. The first kappa shape index (κ1) is 19.1. The van der Waals surface area contributed by atoms with Crippen LogP contribution in [0.15, 0.2) is 18.2 Å². The van der Waals surface area contributed by atoms with Gasteiger partial charge in [-0.2, -0.15) is 13.2 Å². The van der Waals surface area contributed by atoms with Crippen LogP contribution in [0.4, 0.5) is 17.6 Å². The minimum absolute atomic E-state index is 0.0440. The Morgan fingerprint density at radius 3 is 2.62 bits per heavy atom. The Balaban J connectivity index is 1.71. The van der Waals surface area contributed by atoms with E-state index in [0.29, 0.717) is 44.6 Å². The lowest BCUT2D eigenvalue weighted by Crippen LogP contribution is -2.60. The van der Waals surface area contributed by atoms with Crippen LogP contribution < -0.4 is 0 Å². The number of hydrogen-bond acceptors (Lipinski definition) is 3. The molecule has 0 spiro atoms. The molecular formula is C18H22F4N2O2. The van der Waals surface area contributed by atoms with Crippen LogP contribution in [-0.4, -0.2) is 52.6 Å². The molecule has 0 saturated carbocycles. The molecule has 8 heteroatoms. The van der Waals surface area contributed by atoms with E-state index in [1.54, 1.807) is 4.90 Å². The standard InChI is InChI=1S/C18H22F4N2O2/c1-12(25)24-7-5-17(26)4-6-23(10-14(17)11-24)9-13-2-3-16(19)15(8-13)18(20,21)22/h2-3,8,14,26H,4-7,9-11H2,1H3/t14-,17-/m0/s1. The van der Waals surface area contributed by atoms with E-state index in [-0.39, 0.29) is 18.4 Å². The Labute approximate surface area is 149 Å². The van der Waals surface area contributed by atoms with Gasteiger partial charge in [-0.3, -0.25) is 9.69 Å². The topological polar surface area (TPSA) is 43.8 Å². The minimum Gasteiger partial charge on any atom is -0.389 e. The fraction of sp³-hybridized carbons (Fsp3) is 0.611. The highest BCUT2D eigenvalue weighted by molar-refractivity contribution is 5.73. The molecule has 3 rings (SSSR count). The molecule has 4 nitrogen and oxygen atoms in total. The van der Waals surface area contributed by atoms with Crippen molar-refractivity contribution in [1.29, 1.82) is 0 Å². The number of alkyl halides is 3. The van der Waals surface area contributed by atoms with Crippen molar-refractivity contribution in [2.75, 3.05) is 26.2 Å².